The normalized spacial score (nSPS) is 13.8. The summed E-state index contributed by atoms with van der Waals surface area (Å²) >= 11 is 0. The van der Waals surface area contributed by atoms with Crippen molar-refractivity contribution in [2.24, 2.45) is 0 Å². The summed E-state index contributed by atoms with van der Waals surface area (Å²) in [5.41, 5.74) is 12.6. The monoisotopic (exact) mass is 540 g/mol. The first kappa shape index (κ1) is 32.0. The molecule has 0 amide bonds. The van der Waals surface area contributed by atoms with Crippen molar-refractivity contribution < 1.29 is 4.74 Å². The van der Waals surface area contributed by atoms with Crippen molar-refractivity contribution in [3.63, 3.8) is 0 Å². The van der Waals surface area contributed by atoms with Crippen LogP contribution in [0.4, 0.5) is 0 Å². The fourth-order valence-electron chi connectivity index (χ4n) is 5.80. The van der Waals surface area contributed by atoms with Gasteiger partial charge in [-0.15, -0.1) is 0 Å². The zero-order chi connectivity index (χ0) is 28.9. The van der Waals surface area contributed by atoms with E-state index in [0.717, 1.165) is 32.3 Å². The van der Waals surface area contributed by atoms with Gasteiger partial charge in [-0.1, -0.05) is 129 Å². The van der Waals surface area contributed by atoms with Crippen LogP contribution in [-0.4, -0.2) is 6.61 Å². The highest BCUT2D eigenvalue weighted by Gasteiger charge is 2.19. The van der Waals surface area contributed by atoms with Crippen molar-refractivity contribution in [2.75, 3.05) is 6.61 Å². The van der Waals surface area contributed by atoms with Crippen LogP contribution in [0.5, 0.6) is 0 Å². The molecule has 1 aliphatic carbocycles. The maximum absolute atomic E-state index is 6.16. The summed E-state index contributed by atoms with van der Waals surface area (Å²) in [6, 6.07) is 12.2. The van der Waals surface area contributed by atoms with E-state index in [1.54, 1.807) is 0 Å². The first-order chi connectivity index (χ1) is 19.4. The lowest BCUT2D eigenvalue weighted by Gasteiger charge is -2.23. The van der Waals surface area contributed by atoms with E-state index in [-0.39, 0.29) is 0 Å². The van der Waals surface area contributed by atoms with Crippen molar-refractivity contribution in [1.82, 2.24) is 0 Å². The Morgan fingerprint density at radius 2 is 1.57 bits per heavy atom. The average molecular weight is 541 g/mol. The molecule has 1 heteroatoms. The summed E-state index contributed by atoms with van der Waals surface area (Å²) in [5.74, 6) is 0.951. The molecule has 0 saturated carbocycles. The second kappa shape index (κ2) is 16.7. The molecule has 0 aliphatic heterocycles. The predicted molar refractivity (Wildman–Crippen MR) is 178 cm³/mol. The summed E-state index contributed by atoms with van der Waals surface area (Å²) in [7, 11) is 0. The third-order valence-corrected chi connectivity index (χ3v) is 8.37. The molecule has 0 saturated heterocycles. The lowest BCUT2D eigenvalue weighted by molar-refractivity contribution is 0.242. The number of allylic oxidation sites excluding steroid dienone is 5. The Kier molecular flexibility index (Phi) is 13.3. The van der Waals surface area contributed by atoms with Gasteiger partial charge in [0.1, 0.15) is 0 Å². The molecule has 218 valence electrons. The van der Waals surface area contributed by atoms with Crippen LogP contribution in [0.1, 0.15) is 152 Å². The molecule has 0 N–H and O–H groups in total. The van der Waals surface area contributed by atoms with E-state index in [1.165, 1.54) is 95.0 Å². The van der Waals surface area contributed by atoms with E-state index in [2.05, 4.69) is 103 Å². The number of benzene rings is 2. The Bertz CT molecular complexity index is 1160. The van der Waals surface area contributed by atoms with Crippen LogP contribution in [0.15, 0.2) is 54.8 Å². The number of hydrogen-bond acceptors (Lipinski definition) is 1. The maximum atomic E-state index is 6.16. The molecule has 1 aliphatic rings. The molecule has 3 rings (SSSR count). The van der Waals surface area contributed by atoms with Crippen LogP contribution in [0, 0.1) is 6.92 Å². The second-order valence-electron chi connectivity index (χ2n) is 12.4. The topological polar surface area (TPSA) is 9.23 Å². The minimum absolute atomic E-state index is 0.434. The highest BCUT2D eigenvalue weighted by molar-refractivity contribution is 5.86. The zero-order valence-corrected chi connectivity index (χ0v) is 26.7. The van der Waals surface area contributed by atoms with E-state index in [0.29, 0.717) is 11.8 Å². The average Bonchev–Trinajstić information content (AvgIpc) is 2.96. The number of aryl methyl sites for hydroxylation is 1. The largest absolute Gasteiger partial charge is 0.501 e. The molecule has 40 heavy (non-hydrogen) atoms. The number of rotatable bonds is 16. The van der Waals surface area contributed by atoms with Crippen molar-refractivity contribution in [1.29, 1.82) is 0 Å². The van der Waals surface area contributed by atoms with Gasteiger partial charge in [-0.3, -0.25) is 0 Å². The molecule has 0 spiro atoms. The SMILES string of the molecule is CCCCCCC/C(=C\OCCCCC)c1cc(C(C)C)c(-c2ccc(C(C)C)cc2C2=CC=CCC2)cc1C. The highest BCUT2D eigenvalue weighted by atomic mass is 16.5. The van der Waals surface area contributed by atoms with Crippen molar-refractivity contribution >= 4 is 11.1 Å². The zero-order valence-electron chi connectivity index (χ0n) is 26.7. The van der Waals surface area contributed by atoms with Gasteiger partial charge in [0.05, 0.1) is 12.9 Å². The molecule has 0 heterocycles. The van der Waals surface area contributed by atoms with Crippen LogP contribution < -0.4 is 0 Å². The molecule has 0 unspecified atom stereocenters. The Morgan fingerprint density at radius 3 is 2.25 bits per heavy atom. The van der Waals surface area contributed by atoms with Gasteiger partial charge < -0.3 is 4.74 Å². The van der Waals surface area contributed by atoms with Gasteiger partial charge in [-0.25, -0.2) is 0 Å². The summed E-state index contributed by atoms with van der Waals surface area (Å²) in [4.78, 5) is 0. The molecule has 2 aromatic carbocycles. The van der Waals surface area contributed by atoms with Crippen LogP contribution in [0.3, 0.4) is 0 Å². The summed E-state index contributed by atoms with van der Waals surface area (Å²) in [5, 5.41) is 0. The third kappa shape index (κ3) is 8.98. The molecule has 1 nitrogen and oxygen atoms in total. The Morgan fingerprint density at radius 1 is 0.825 bits per heavy atom. The smallest absolute Gasteiger partial charge is 0.0873 e. The minimum Gasteiger partial charge on any atom is -0.501 e. The Balaban J connectivity index is 2.06. The fourth-order valence-corrected chi connectivity index (χ4v) is 5.80. The molecule has 0 aromatic heterocycles. The molecule has 0 fully saturated rings. The van der Waals surface area contributed by atoms with Gasteiger partial charge in [0.15, 0.2) is 0 Å². The highest BCUT2D eigenvalue weighted by Crippen LogP contribution is 2.41. The molecule has 0 bridgehead atoms. The lowest BCUT2D eigenvalue weighted by Crippen LogP contribution is -2.02. The molecule has 2 aromatic rings. The number of unbranched alkanes of at least 4 members (excludes halogenated alkanes) is 6. The van der Waals surface area contributed by atoms with Crippen molar-refractivity contribution in [3.8, 4) is 11.1 Å². The maximum Gasteiger partial charge on any atom is 0.0873 e. The quantitative estimate of drug-likeness (QED) is 0.152. The van der Waals surface area contributed by atoms with Crippen molar-refractivity contribution in [3.05, 3.63) is 82.6 Å². The van der Waals surface area contributed by atoms with Gasteiger partial charge in [0.2, 0.25) is 0 Å². The van der Waals surface area contributed by atoms with Gasteiger partial charge >= 0.3 is 0 Å². The van der Waals surface area contributed by atoms with Crippen LogP contribution >= 0.6 is 0 Å². The van der Waals surface area contributed by atoms with E-state index in [9.17, 15) is 0 Å². The summed E-state index contributed by atoms with van der Waals surface area (Å²) < 4.78 is 6.16. The minimum atomic E-state index is 0.434. The Hall–Kier alpha value is -2.54. The molecule has 0 radical (unpaired) electrons. The molecular weight excluding hydrogens is 484 g/mol. The number of ether oxygens (including phenoxy) is 1. The summed E-state index contributed by atoms with van der Waals surface area (Å²) in [6.45, 7) is 16.9. The van der Waals surface area contributed by atoms with E-state index in [1.807, 2.05) is 0 Å². The molecular formula is C39H56O. The third-order valence-electron chi connectivity index (χ3n) is 8.37. The fraction of sp³-hybridized carbons (Fsp3) is 0.538. The van der Waals surface area contributed by atoms with Crippen molar-refractivity contribution in [2.45, 2.75) is 131 Å². The van der Waals surface area contributed by atoms with Crippen LogP contribution in [0.25, 0.3) is 22.3 Å². The molecule has 0 atom stereocenters. The second-order valence-corrected chi connectivity index (χ2v) is 12.4. The summed E-state index contributed by atoms with van der Waals surface area (Å²) in [6.07, 6.45) is 22.3. The van der Waals surface area contributed by atoms with Gasteiger partial charge in [0, 0.05) is 0 Å². The van der Waals surface area contributed by atoms with E-state index in [4.69, 9.17) is 4.74 Å². The van der Waals surface area contributed by atoms with Crippen LogP contribution in [0.2, 0.25) is 0 Å². The standard InChI is InChI=1S/C39H56O/c1-8-10-12-13-15-21-34(28-40-24-18-11-9-2)37-27-36(30(5)6)39(25-31(37)7)35-23-22-33(29(3)4)26-38(35)32-19-16-14-17-20-32/h14,16,19,22-23,25-30H,8-13,15,17-18,20-21,24H2,1-7H3/b34-28+. The van der Waals surface area contributed by atoms with Crippen LogP contribution in [-0.2, 0) is 4.74 Å². The van der Waals surface area contributed by atoms with E-state index >= 15 is 0 Å². The van der Waals surface area contributed by atoms with Gasteiger partial charge in [-0.05, 0) is 101 Å². The Labute approximate surface area is 246 Å². The first-order valence-corrected chi connectivity index (χ1v) is 16.3. The predicted octanol–water partition coefficient (Wildman–Crippen LogP) is 12.6. The number of hydrogen-bond donors (Lipinski definition) is 0. The van der Waals surface area contributed by atoms with Gasteiger partial charge in [-0.2, -0.15) is 0 Å². The first-order valence-electron chi connectivity index (χ1n) is 16.3. The van der Waals surface area contributed by atoms with E-state index < -0.39 is 0 Å². The van der Waals surface area contributed by atoms with Gasteiger partial charge in [0.25, 0.3) is 0 Å². The lowest BCUT2D eigenvalue weighted by atomic mass is 9.82.